The highest BCUT2D eigenvalue weighted by Crippen LogP contribution is 2.42. The molecule has 0 saturated heterocycles. The molecule has 1 aliphatic carbocycles. The van der Waals surface area contributed by atoms with Crippen LogP contribution in [-0.2, 0) is 9.59 Å². The number of phenols is 2. The minimum absolute atomic E-state index is 0.0489. The lowest BCUT2D eigenvalue weighted by molar-refractivity contribution is -0.110. The quantitative estimate of drug-likeness (QED) is 0.156. The van der Waals surface area contributed by atoms with E-state index in [1.54, 1.807) is 12.1 Å². The molecule has 0 heterocycles. The molecule has 10 nitrogen and oxygen atoms in total. The highest BCUT2D eigenvalue weighted by atomic mass is 16.3. The third-order valence-corrected chi connectivity index (χ3v) is 4.61. The summed E-state index contributed by atoms with van der Waals surface area (Å²) in [4.78, 5) is 47.3. The lowest BCUT2D eigenvalue weighted by Gasteiger charge is -2.24. The van der Waals surface area contributed by atoms with Crippen molar-refractivity contribution in [2.24, 2.45) is 0 Å². The van der Waals surface area contributed by atoms with Gasteiger partial charge in [-0.2, -0.15) is 0 Å². The van der Waals surface area contributed by atoms with Gasteiger partial charge in [0.05, 0.1) is 22.3 Å². The van der Waals surface area contributed by atoms with Gasteiger partial charge in [-0.1, -0.05) is 0 Å². The highest BCUT2D eigenvalue weighted by molar-refractivity contribution is 6.33. The summed E-state index contributed by atoms with van der Waals surface area (Å²) in [7, 11) is 0. The molecule has 0 aromatic heterocycles. The summed E-state index contributed by atoms with van der Waals surface area (Å²) >= 11 is 0. The maximum Gasteiger partial charge on any atom is 0.207 e. The zero-order valence-electron chi connectivity index (χ0n) is 15.8. The van der Waals surface area contributed by atoms with Crippen LogP contribution in [0.25, 0.3) is 0 Å². The average molecular weight is 412 g/mol. The smallest absolute Gasteiger partial charge is 0.207 e. The van der Waals surface area contributed by atoms with Crippen molar-refractivity contribution in [1.29, 1.82) is 0 Å². The van der Waals surface area contributed by atoms with Crippen LogP contribution in [0.15, 0.2) is 24.3 Å². The van der Waals surface area contributed by atoms with Crippen molar-refractivity contribution in [2.45, 2.75) is 0 Å². The molecule has 0 atom stereocenters. The highest BCUT2D eigenvalue weighted by Gasteiger charge is 2.37. The van der Waals surface area contributed by atoms with E-state index >= 15 is 0 Å². The lowest BCUT2D eigenvalue weighted by atomic mass is 9.81. The second-order valence-corrected chi connectivity index (χ2v) is 6.42. The number of rotatable bonds is 10. The second kappa shape index (κ2) is 8.95. The number of hydrogen-bond donors (Lipinski definition) is 6. The Kier molecular flexibility index (Phi) is 6.16. The van der Waals surface area contributed by atoms with E-state index in [2.05, 4.69) is 21.3 Å². The van der Waals surface area contributed by atoms with Gasteiger partial charge in [0.15, 0.2) is 0 Å². The first-order valence-electron chi connectivity index (χ1n) is 9.14. The molecule has 2 aromatic carbocycles. The fraction of sp³-hybridized carbons (Fsp3) is 0.200. The minimum atomic E-state index is -0.617. The molecule has 6 N–H and O–H groups in total. The number of fused-ring (bicyclic) bond motifs is 2. The summed E-state index contributed by atoms with van der Waals surface area (Å²) < 4.78 is 0. The van der Waals surface area contributed by atoms with Gasteiger partial charge in [0, 0.05) is 37.6 Å². The SMILES string of the molecule is O=CNCCNc1ccc(NCCNC=O)c2c1C(=O)c1c(O)ccc(O)c1C2=O. The number of benzene rings is 2. The Balaban J connectivity index is 2.08. The fourth-order valence-electron chi connectivity index (χ4n) is 3.32. The van der Waals surface area contributed by atoms with Crippen LogP contribution in [-0.4, -0.2) is 60.8 Å². The van der Waals surface area contributed by atoms with Crippen LogP contribution >= 0.6 is 0 Å². The third kappa shape index (κ3) is 3.75. The van der Waals surface area contributed by atoms with E-state index < -0.39 is 23.1 Å². The minimum Gasteiger partial charge on any atom is -0.507 e. The largest absolute Gasteiger partial charge is 0.507 e. The molecule has 10 heteroatoms. The second-order valence-electron chi connectivity index (χ2n) is 6.42. The maximum atomic E-state index is 13.2. The van der Waals surface area contributed by atoms with E-state index in [1.165, 1.54) is 0 Å². The van der Waals surface area contributed by atoms with Crippen molar-refractivity contribution >= 4 is 35.8 Å². The predicted octanol–water partition coefficient (Wildman–Crippen LogP) is 0.189. The molecule has 3 rings (SSSR count). The first-order valence-corrected chi connectivity index (χ1v) is 9.14. The number of phenolic OH excluding ortho intramolecular Hbond substituents is 2. The van der Waals surface area contributed by atoms with Gasteiger partial charge >= 0.3 is 0 Å². The number of hydrogen-bond acceptors (Lipinski definition) is 8. The van der Waals surface area contributed by atoms with Crippen LogP contribution in [0.1, 0.15) is 31.8 Å². The summed E-state index contributed by atoms with van der Waals surface area (Å²) in [5.41, 5.74) is 0.269. The summed E-state index contributed by atoms with van der Waals surface area (Å²) in [6.07, 6.45) is 1.09. The monoisotopic (exact) mass is 412 g/mol. The Hall–Kier alpha value is -4.08. The van der Waals surface area contributed by atoms with Crippen molar-refractivity contribution in [1.82, 2.24) is 10.6 Å². The zero-order valence-corrected chi connectivity index (χ0v) is 15.8. The van der Waals surface area contributed by atoms with Crippen LogP contribution in [0.4, 0.5) is 11.4 Å². The molecule has 0 spiro atoms. The molecule has 1 aliphatic rings. The van der Waals surface area contributed by atoms with Crippen molar-refractivity contribution in [3.05, 3.63) is 46.5 Å². The van der Waals surface area contributed by atoms with Crippen molar-refractivity contribution in [3.63, 3.8) is 0 Å². The molecule has 30 heavy (non-hydrogen) atoms. The van der Waals surface area contributed by atoms with E-state index in [-0.39, 0.29) is 22.3 Å². The number of aromatic hydroxyl groups is 2. The van der Waals surface area contributed by atoms with Crippen LogP contribution in [0.5, 0.6) is 11.5 Å². The molecule has 0 bridgehead atoms. The number of ketones is 2. The molecular formula is C20H20N4O6. The topological polar surface area (TPSA) is 157 Å². The summed E-state index contributed by atoms with van der Waals surface area (Å²) in [5, 5.41) is 31.4. The Morgan fingerprint density at radius 2 is 1.03 bits per heavy atom. The Morgan fingerprint density at radius 3 is 1.40 bits per heavy atom. The number of amides is 2. The first kappa shape index (κ1) is 20.6. The maximum absolute atomic E-state index is 13.2. The molecule has 2 amide bonds. The van der Waals surface area contributed by atoms with Gasteiger partial charge in [0.1, 0.15) is 11.5 Å². The summed E-state index contributed by atoms with van der Waals surface area (Å²) in [6, 6.07) is 5.51. The molecule has 0 saturated carbocycles. The van der Waals surface area contributed by atoms with Crippen LogP contribution < -0.4 is 21.3 Å². The number of carbonyl (C=O) groups is 4. The Bertz CT molecular complexity index is 941. The van der Waals surface area contributed by atoms with Crippen molar-refractivity contribution in [3.8, 4) is 11.5 Å². The standard InChI is InChI=1S/C20H20N4O6/c25-9-21-5-7-23-11-1-2-12(24-8-6-22-10-26)16-15(11)19(29)17-13(27)3-4-14(28)18(17)20(16)30/h1-4,9-10,23-24,27-28H,5-8H2,(H,21,25)(H,22,26). The summed E-state index contributed by atoms with van der Waals surface area (Å²) in [5.74, 6) is -2.05. The van der Waals surface area contributed by atoms with Crippen LogP contribution in [0.2, 0.25) is 0 Å². The number of anilines is 2. The van der Waals surface area contributed by atoms with E-state index in [0.717, 1.165) is 12.1 Å². The molecule has 0 unspecified atom stereocenters. The number of nitrogens with one attached hydrogen (secondary N) is 4. The van der Waals surface area contributed by atoms with E-state index in [0.29, 0.717) is 50.4 Å². The molecule has 2 aromatic rings. The van der Waals surface area contributed by atoms with E-state index in [9.17, 15) is 29.4 Å². The molecule has 0 radical (unpaired) electrons. The third-order valence-electron chi connectivity index (χ3n) is 4.61. The first-order chi connectivity index (χ1) is 14.5. The average Bonchev–Trinajstić information content (AvgIpc) is 2.74. The van der Waals surface area contributed by atoms with Crippen LogP contribution in [0.3, 0.4) is 0 Å². The molecule has 156 valence electrons. The zero-order chi connectivity index (χ0) is 21.7. The molecular weight excluding hydrogens is 392 g/mol. The van der Waals surface area contributed by atoms with Gasteiger partial charge in [-0.3, -0.25) is 19.2 Å². The predicted molar refractivity (Wildman–Crippen MR) is 108 cm³/mol. The van der Waals surface area contributed by atoms with Crippen molar-refractivity contribution < 1.29 is 29.4 Å². The van der Waals surface area contributed by atoms with Gasteiger partial charge in [-0.25, -0.2) is 0 Å². The Morgan fingerprint density at radius 1 is 0.633 bits per heavy atom. The van der Waals surface area contributed by atoms with Gasteiger partial charge in [-0.05, 0) is 24.3 Å². The van der Waals surface area contributed by atoms with E-state index in [1.807, 2.05) is 0 Å². The lowest BCUT2D eigenvalue weighted by Crippen LogP contribution is -2.27. The van der Waals surface area contributed by atoms with E-state index in [4.69, 9.17) is 0 Å². The summed E-state index contributed by atoms with van der Waals surface area (Å²) in [6.45, 7) is 1.17. The molecule has 0 aliphatic heterocycles. The Labute approximate surface area is 171 Å². The number of carbonyl (C=O) groups excluding carboxylic acids is 4. The van der Waals surface area contributed by atoms with Gasteiger partial charge < -0.3 is 31.5 Å². The van der Waals surface area contributed by atoms with Gasteiger partial charge in [0.25, 0.3) is 0 Å². The van der Waals surface area contributed by atoms with Gasteiger partial charge in [0.2, 0.25) is 24.4 Å². The fourth-order valence-corrected chi connectivity index (χ4v) is 3.32. The van der Waals surface area contributed by atoms with Gasteiger partial charge in [-0.15, -0.1) is 0 Å². The normalized spacial score (nSPS) is 11.9. The van der Waals surface area contributed by atoms with Crippen molar-refractivity contribution in [2.75, 3.05) is 36.8 Å². The molecule has 0 fully saturated rings. The van der Waals surface area contributed by atoms with Crippen LogP contribution in [0, 0.1) is 0 Å².